The number of carbonyl (C=O) groups excluding carboxylic acids is 2. The number of hydrogen-bond acceptors (Lipinski definition) is 8. The van der Waals surface area contributed by atoms with Gasteiger partial charge in [0.05, 0.1) is 33.5 Å². The van der Waals surface area contributed by atoms with Gasteiger partial charge in [-0.3, -0.25) is 30.5 Å². The van der Waals surface area contributed by atoms with Crippen LogP contribution in [0, 0.1) is 5.92 Å². The summed E-state index contributed by atoms with van der Waals surface area (Å²) in [5.74, 6) is -0.886. The van der Waals surface area contributed by atoms with Crippen LogP contribution in [-0.2, 0) is 16.2 Å². The van der Waals surface area contributed by atoms with Gasteiger partial charge in [-0.05, 0) is 25.1 Å². The van der Waals surface area contributed by atoms with Crippen molar-refractivity contribution in [3.05, 3.63) is 53.1 Å². The average molecular weight is 535 g/mol. The number of hydrazine groups is 2. The third-order valence-electron chi connectivity index (χ3n) is 5.33. The van der Waals surface area contributed by atoms with Gasteiger partial charge in [0.2, 0.25) is 0 Å². The normalized spacial score (nSPS) is 11.1. The lowest BCUT2D eigenvalue weighted by molar-refractivity contribution is -0.137. The highest BCUT2D eigenvalue weighted by Crippen LogP contribution is 2.31. The summed E-state index contributed by atoms with van der Waals surface area (Å²) >= 11 is 11.0. The molecule has 0 aliphatic carbocycles. The summed E-state index contributed by atoms with van der Waals surface area (Å²) in [5, 5.41) is 12.4. The first-order chi connectivity index (χ1) is 17.1. The van der Waals surface area contributed by atoms with E-state index in [9.17, 15) is 14.7 Å². The van der Waals surface area contributed by atoms with Crippen molar-refractivity contribution in [3.63, 3.8) is 0 Å². The Labute approximate surface area is 221 Å². The topological polar surface area (TPSA) is 113 Å². The van der Waals surface area contributed by atoms with Crippen molar-refractivity contribution < 1.29 is 28.9 Å². The molecule has 10 nitrogen and oxygen atoms in total. The minimum absolute atomic E-state index is 0.238. The molecule has 12 heteroatoms. The third-order valence-corrected chi connectivity index (χ3v) is 6.31. The molecular weight excluding hydrogens is 504 g/mol. The molecule has 2 amide bonds. The Kier molecular flexibility index (Phi) is 10.4. The van der Waals surface area contributed by atoms with Gasteiger partial charge in [-0.25, -0.2) is 0 Å². The van der Waals surface area contributed by atoms with E-state index in [1.54, 1.807) is 50.5 Å². The molecule has 0 aliphatic heterocycles. The largest absolute Gasteiger partial charge is 0.496 e. The molecule has 0 aliphatic rings. The number of benzene rings is 2. The quantitative estimate of drug-likeness (QED) is 0.263. The predicted octanol–water partition coefficient (Wildman–Crippen LogP) is 1.82. The number of rotatable bonds is 8. The monoisotopic (exact) mass is 534 g/mol. The van der Waals surface area contributed by atoms with Crippen LogP contribution in [-0.4, -0.2) is 72.3 Å². The molecule has 0 spiro atoms. The lowest BCUT2D eigenvalue weighted by atomic mass is 10.1. The highest BCUT2D eigenvalue weighted by Gasteiger charge is 2.26. The number of nitrogens with zero attached hydrogens (tertiary/aromatic N) is 2. The Hall–Kier alpha value is -3.48. The number of ether oxygens (including phenoxy) is 3. The van der Waals surface area contributed by atoms with Crippen LogP contribution in [0.3, 0.4) is 0 Å². The van der Waals surface area contributed by atoms with E-state index >= 15 is 0 Å². The standard InChI is InChI=1S/C24H30N4O6S2/c1-14(21(30)25-27(2)23(35)15-9-7-11-18(32-4)17(15)13-29)22(31)26-28(3)24(36)16-10-8-12-19(33-5)20(16)34-6/h7-12,14,29H,13H2,1-6H3,(H,25,30)(H,26,31). The molecule has 0 bridgehead atoms. The van der Waals surface area contributed by atoms with E-state index in [0.717, 1.165) is 0 Å². The van der Waals surface area contributed by atoms with Crippen molar-refractivity contribution in [3.8, 4) is 17.2 Å². The van der Waals surface area contributed by atoms with Crippen LogP contribution in [0.25, 0.3) is 0 Å². The highest BCUT2D eigenvalue weighted by molar-refractivity contribution is 7.81. The van der Waals surface area contributed by atoms with Crippen molar-refractivity contribution in [1.82, 2.24) is 20.9 Å². The predicted molar refractivity (Wildman–Crippen MR) is 143 cm³/mol. The van der Waals surface area contributed by atoms with Gasteiger partial charge >= 0.3 is 0 Å². The van der Waals surface area contributed by atoms with Crippen molar-refractivity contribution in [2.75, 3.05) is 35.4 Å². The maximum absolute atomic E-state index is 12.8. The van der Waals surface area contributed by atoms with E-state index in [1.165, 1.54) is 38.3 Å². The number of methoxy groups -OCH3 is 3. The maximum atomic E-state index is 12.8. The number of carbonyl (C=O) groups is 2. The summed E-state index contributed by atoms with van der Waals surface area (Å²) in [6.45, 7) is 1.15. The molecule has 0 aromatic heterocycles. The van der Waals surface area contributed by atoms with Crippen LogP contribution in [0.2, 0.25) is 0 Å². The van der Waals surface area contributed by atoms with E-state index in [0.29, 0.717) is 33.9 Å². The molecule has 0 saturated carbocycles. The molecule has 0 fully saturated rings. The molecule has 0 radical (unpaired) electrons. The van der Waals surface area contributed by atoms with Crippen LogP contribution in [0.4, 0.5) is 0 Å². The summed E-state index contributed by atoms with van der Waals surface area (Å²) in [7, 11) is 7.59. The Balaban J connectivity index is 2.07. The van der Waals surface area contributed by atoms with Gasteiger partial charge in [-0.15, -0.1) is 0 Å². The Morgan fingerprint density at radius 1 is 0.861 bits per heavy atom. The Morgan fingerprint density at radius 2 is 1.33 bits per heavy atom. The second-order valence-electron chi connectivity index (χ2n) is 7.59. The summed E-state index contributed by atoms with van der Waals surface area (Å²) in [5.41, 5.74) is 6.75. The number of nitrogens with one attached hydrogen (secondary N) is 2. The number of hydrogen-bond donors (Lipinski definition) is 3. The van der Waals surface area contributed by atoms with Crippen molar-refractivity contribution >= 4 is 46.2 Å². The molecule has 0 saturated heterocycles. The van der Waals surface area contributed by atoms with Crippen molar-refractivity contribution in [2.24, 2.45) is 5.92 Å². The second kappa shape index (κ2) is 13.0. The Bertz CT molecular complexity index is 1060. The minimum atomic E-state index is -1.09. The molecule has 2 rings (SSSR count). The highest BCUT2D eigenvalue weighted by atomic mass is 32.1. The number of aliphatic hydroxyl groups excluding tert-OH is 1. The Morgan fingerprint density at radius 3 is 1.81 bits per heavy atom. The minimum Gasteiger partial charge on any atom is -0.496 e. The van der Waals surface area contributed by atoms with Gasteiger partial charge in [0.25, 0.3) is 11.8 Å². The van der Waals surface area contributed by atoms with Crippen molar-refractivity contribution in [2.45, 2.75) is 13.5 Å². The van der Waals surface area contributed by atoms with Crippen LogP contribution in [0.15, 0.2) is 36.4 Å². The molecule has 36 heavy (non-hydrogen) atoms. The van der Waals surface area contributed by atoms with Crippen molar-refractivity contribution in [1.29, 1.82) is 0 Å². The van der Waals surface area contributed by atoms with E-state index < -0.39 is 17.7 Å². The molecule has 194 valence electrons. The maximum Gasteiger partial charge on any atom is 0.250 e. The summed E-state index contributed by atoms with van der Waals surface area (Å²) in [6, 6.07) is 10.3. The number of thiocarbonyl (C=S) groups is 2. The number of amides is 2. The summed E-state index contributed by atoms with van der Waals surface area (Å²) < 4.78 is 16.0. The molecule has 0 heterocycles. The zero-order valence-electron chi connectivity index (χ0n) is 20.9. The van der Waals surface area contributed by atoms with Gasteiger partial charge in [-0.2, -0.15) is 0 Å². The van der Waals surface area contributed by atoms with E-state index in [2.05, 4.69) is 10.9 Å². The smallest absolute Gasteiger partial charge is 0.250 e. The summed E-state index contributed by atoms with van der Waals surface area (Å²) in [6.07, 6.45) is 0. The third kappa shape index (κ3) is 6.39. The van der Waals surface area contributed by atoms with Crippen LogP contribution >= 0.6 is 24.4 Å². The lowest BCUT2D eigenvalue weighted by Gasteiger charge is -2.26. The molecule has 2 aromatic rings. The van der Waals surface area contributed by atoms with Gasteiger partial charge < -0.3 is 19.3 Å². The molecule has 3 N–H and O–H groups in total. The molecule has 1 atom stereocenters. The number of aliphatic hydroxyl groups is 1. The second-order valence-corrected chi connectivity index (χ2v) is 8.36. The SMILES string of the molecule is COc1cccc(C(=S)N(C)NC(=O)C(C)C(=O)NN(C)C(=S)c2cccc(OC)c2OC)c1CO. The van der Waals surface area contributed by atoms with Crippen LogP contribution < -0.4 is 25.1 Å². The fourth-order valence-electron chi connectivity index (χ4n) is 3.28. The first-order valence-electron chi connectivity index (χ1n) is 10.8. The average Bonchev–Trinajstić information content (AvgIpc) is 2.90. The summed E-state index contributed by atoms with van der Waals surface area (Å²) in [4.78, 5) is 26.1. The zero-order chi connectivity index (χ0) is 27.0. The molecular formula is C24H30N4O6S2. The lowest BCUT2D eigenvalue weighted by Crippen LogP contribution is -2.51. The van der Waals surface area contributed by atoms with Gasteiger partial charge in [0.15, 0.2) is 11.5 Å². The van der Waals surface area contributed by atoms with E-state index in [-0.39, 0.29) is 16.6 Å². The van der Waals surface area contributed by atoms with Crippen LogP contribution in [0.1, 0.15) is 23.6 Å². The van der Waals surface area contributed by atoms with E-state index in [1.807, 2.05) is 0 Å². The molecule has 1 unspecified atom stereocenters. The van der Waals surface area contributed by atoms with Gasteiger partial charge in [0, 0.05) is 25.2 Å². The number of para-hydroxylation sites is 1. The van der Waals surface area contributed by atoms with Gasteiger partial charge in [0.1, 0.15) is 21.6 Å². The first kappa shape index (κ1) is 28.8. The van der Waals surface area contributed by atoms with E-state index in [4.69, 9.17) is 38.6 Å². The fraction of sp³-hybridized carbons (Fsp3) is 0.333. The zero-order valence-corrected chi connectivity index (χ0v) is 22.6. The first-order valence-corrected chi connectivity index (χ1v) is 11.6. The molecule has 2 aromatic carbocycles. The van der Waals surface area contributed by atoms with Crippen LogP contribution in [0.5, 0.6) is 17.2 Å². The fourth-order valence-corrected chi connectivity index (χ4v) is 3.73. The van der Waals surface area contributed by atoms with Gasteiger partial charge in [-0.1, -0.05) is 42.6 Å².